The first-order valence-corrected chi connectivity index (χ1v) is 13.2. The van der Waals surface area contributed by atoms with Crippen molar-refractivity contribution in [2.24, 2.45) is 0 Å². The zero-order valence-electron chi connectivity index (χ0n) is 21.6. The normalized spacial score (nSPS) is 22.9. The molecule has 3 aliphatic rings. The van der Waals surface area contributed by atoms with Gasteiger partial charge >= 0.3 is 0 Å². The van der Waals surface area contributed by atoms with Crippen molar-refractivity contribution in [2.75, 3.05) is 57.4 Å². The van der Waals surface area contributed by atoms with Crippen LogP contribution in [0.15, 0.2) is 36.5 Å². The third-order valence-corrected chi connectivity index (χ3v) is 7.65. The third-order valence-electron chi connectivity index (χ3n) is 7.34. The van der Waals surface area contributed by atoms with Crippen molar-refractivity contribution in [2.45, 2.75) is 45.7 Å². The minimum absolute atomic E-state index is 0. The number of hydrogen-bond acceptors (Lipinski definition) is 7. The summed E-state index contributed by atoms with van der Waals surface area (Å²) < 4.78 is 11.4. The second kappa shape index (κ2) is 11.6. The van der Waals surface area contributed by atoms with Crippen molar-refractivity contribution >= 4 is 29.1 Å². The number of piperazine rings is 1. The number of halogens is 1. The molecule has 0 radical (unpaired) electrons. The van der Waals surface area contributed by atoms with Gasteiger partial charge in [-0.1, -0.05) is 45.0 Å². The number of pyridine rings is 1. The average molecular weight is 544 g/mol. The number of carbonyl (C=O) groups is 2. The van der Waals surface area contributed by atoms with Gasteiger partial charge in [-0.05, 0) is 19.1 Å². The van der Waals surface area contributed by atoms with Crippen LogP contribution in [0.25, 0.3) is 0 Å². The Balaban J connectivity index is 0.00000336. The number of rotatable bonds is 5. The minimum Gasteiger partial charge on any atom is -0.437 e. The number of benzene rings is 1. The van der Waals surface area contributed by atoms with E-state index in [9.17, 15) is 9.59 Å². The largest absolute Gasteiger partial charge is 0.437 e. The number of nitrogens with one attached hydrogen (secondary N) is 1. The highest BCUT2D eigenvalue weighted by atomic mass is 35.5. The lowest BCUT2D eigenvalue weighted by Crippen LogP contribution is -2.63. The quantitative estimate of drug-likeness (QED) is 0.619. The van der Waals surface area contributed by atoms with Crippen molar-refractivity contribution in [3.63, 3.8) is 0 Å². The molecule has 5 rings (SSSR count). The molecule has 0 saturated carbocycles. The highest BCUT2D eigenvalue weighted by Crippen LogP contribution is 2.42. The summed E-state index contributed by atoms with van der Waals surface area (Å²) in [5.41, 5.74) is 1.51. The number of carbonyl (C=O) groups excluding carboxylic acids is 2. The van der Waals surface area contributed by atoms with Gasteiger partial charge in [0.2, 0.25) is 17.7 Å². The van der Waals surface area contributed by atoms with Crippen LogP contribution in [0.1, 0.15) is 33.8 Å². The maximum Gasteiger partial charge on any atom is 0.241 e. The van der Waals surface area contributed by atoms with Crippen LogP contribution in [-0.2, 0) is 19.7 Å². The van der Waals surface area contributed by atoms with E-state index < -0.39 is 0 Å². The van der Waals surface area contributed by atoms with Gasteiger partial charge in [0.1, 0.15) is 11.8 Å². The van der Waals surface area contributed by atoms with Crippen molar-refractivity contribution in [3.8, 4) is 11.6 Å². The average Bonchev–Trinajstić information content (AvgIpc) is 3.16. The van der Waals surface area contributed by atoms with E-state index in [1.165, 1.54) is 0 Å². The summed E-state index contributed by atoms with van der Waals surface area (Å²) in [6.07, 6.45) is 1.78. The molecular formula is C28H38ClN5O4. The molecule has 0 aliphatic carbocycles. The standard InChI is InChI=1S/C27H34ClN5O4.CH4/c1-18-15-32(22(14-29-18)26(35)31-8-10-36-11-9-31)16-25(34)33-17-27(2,3)19-13-30-24(12-21(19)33)37-23-7-5-4-6-20(23)28;/h4-7,12-13,18,22,29H,8-11,14-17H2,1-3H3;1H4/t18-,22-;/m1./s1. The van der Waals surface area contributed by atoms with E-state index in [1.54, 1.807) is 23.2 Å². The monoisotopic (exact) mass is 543 g/mol. The van der Waals surface area contributed by atoms with Gasteiger partial charge in [0.05, 0.1) is 30.5 Å². The molecule has 0 spiro atoms. The predicted octanol–water partition coefficient (Wildman–Crippen LogP) is 3.31. The van der Waals surface area contributed by atoms with E-state index in [2.05, 4.69) is 31.1 Å². The van der Waals surface area contributed by atoms with Gasteiger partial charge in [-0.3, -0.25) is 14.5 Å². The Labute approximate surface area is 230 Å². The Bertz CT molecular complexity index is 1170. The van der Waals surface area contributed by atoms with E-state index in [1.807, 2.05) is 28.0 Å². The van der Waals surface area contributed by atoms with Crippen LogP contribution in [-0.4, -0.2) is 91.2 Å². The second-order valence-corrected chi connectivity index (χ2v) is 11.0. The fourth-order valence-corrected chi connectivity index (χ4v) is 5.49. The number of para-hydroxylation sites is 1. The van der Waals surface area contributed by atoms with Crippen LogP contribution in [0.2, 0.25) is 5.02 Å². The number of fused-ring (bicyclic) bond motifs is 1. The number of anilines is 1. The van der Waals surface area contributed by atoms with Crippen LogP contribution < -0.4 is 15.0 Å². The Morgan fingerprint density at radius 3 is 2.71 bits per heavy atom. The summed E-state index contributed by atoms with van der Waals surface area (Å²) in [4.78, 5) is 37.3. The van der Waals surface area contributed by atoms with Gasteiger partial charge in [-0.25, -0.2) is 4.98 Å². The molecule has 2 saturated heterocycles. The summed E-state index contributed by atoms with van der Waals surface area (Å²) in [7, 11) is 0. The summed E-state index contributed by atoms with van der Waals surface area (Å²) in [6, 6.07) is 8.82. The lowest BCUT2D eigenvalue weighted by molar-refractivity contribution is -0.142. The summed E-state index contributed by atoms with van der Waals surface area (Å²) >= 11 is 6.27. The molecule has 2 fully saturated rings. The van der Waals surface area contributed by atoms with E-state index in [-0.39, 0.29) is 43.3 Å². The fraction of sp³-hybridized carbons (Fsp3) is 0.536. The first kappa shape index (κ1) is 28.3. The topological polar surface area (TPSA) is 87.2 Å². The molecule has 2 atom stereocenters. The molecule has 3 aliphatic heterocycles. The molecule has 2 aromatic rings. The lowest BCUT2D eigenvalue weighted by atomic mass is 9.88. The van der Waals surface area contributed by atoms with Crippen LogP contribution in [0.3, 0.4) is 0 Å². The lowest BCUT2D eigenvalue weighted by Gasteiger charge is -2.41. The van der Waals surface area contributed by atoms with Crippen LogP contribution in [0.5, 0.6) is 11.6 Å². The number of hydrogen-bond donors (Lipinski definition) is 1. The van der Waals surface area contributed by atoms with E-state index in [0.29, 0.717) is 62.6 Å². The second-order valence-electron chi connectivity index (χ2n) is 10.6. The number of aromatic nitrogens is 1. The predicted molar refractivity (Wildman–Crippen MR) is 148 cm³/mol. The molecule has 10 heteroatoms. The summed E-state index contributed by atoms with van der Waals surface area (Å²) in [5.74, 6) is 0.886. The van der Waals surface area contributed by atoms with Crippen LogP contribution in [0, 0.1) is 0 Å². The Hall–Kier alpha value is -2.72. The highest BCUT2D eigenvalue weighted by Gasteiger charge is 2.41. The summed E-state index contributed by atoms with van der Waals surface area (Å²) in [6.45, 7) is 10.4. The number of nitrogens with zero attached hydrogens (tertiary/aromatic N) is 4. The zero-order valence-corrected chi connectivity index (χ0v) is 22.3. The third kappa shape index (κ3) is 5.81. The molecule has 1 N–H and O–H groups in total. The van der Waals surface area contributed by atoms with Gasteiger partial charge in [0.25, 0.3) is 0 Å². The molecule has 9 nitrogen and oxygen atoms in total. The number of amides is 2. The SMILES string of the molecule is C.C[C@@H]1CN(CC(=O)N2CC(C)(C)c3cnc(Oc4ccccc4Cl)cc32)[C@@H](C(=O)N2CCOCC2)CN1. The molecule has 1 aromatic heterocycles. The summed E-state index contributed by atoms with van der Waals surface area (Å²) in [5, 5.41) is 3.90. The van der Waals surface area contributed by atoms with E-state index in [0.717, 1.165) is 11.3 Å². The molecule has 0 bridgehead atoms. The Morgan fingerprint density at radius 1 is 1.24 bits per heavy atom. The molecule has 206 valence electrons. The molecule has 38 heavy (non-hydrogen) atoms. The molecule has 1 aromatic carbocycles. The smallest absolute Gasteiger partial charge is 0.241 e. The van der Waals surface area contributed by atoms with Crippen LogP contribution >= 0.6 is 11.6 Å². The van der Waals surface area contributed by atoms with Crippen LogP contribution in [0.4, 0.5) is 5.69 Å². The van der Waals surface area contributed by atoms with Gasteiger partial charge in [0, 0.05) is 62.0 Å². The first-order valence-electron chi connectivity index (χ1n) is 12.8. The van der Waals surface area contributed by atoms with Crippen molar-refractivity contribution < 1.29 is 19.1 Å². The first-order chi connectivity index (χ1) is 17.7. The minimum atomic E-state index is -0.384. The zero-order chi connectivity index (χ0) is 26.2. The van der Waals surface area contributed by atoms with Gasteiger partial charge in [-0.2, -0.15) is 0 Å². The van der Waals surface area contributed by atoms with Gasteiger partial charge < -0.3 is 24.6 Å². The Morgan fingerprint density at radius 2 is 1.97 bits per heavy atom. The van der Waals surface area contributed by atoms with Crippen molar-refractivity contribution in [1.29, 1.82) is 0 Å². The highest BCUT2D eigenvalue weighted by molar-refractivity contribution is 6.32. The molecule has 4 heterocycles. The number of ether oxygens (including phenoxy) is 2. The van der Waals surface area contributed by atoms with Crippen molar-refractivity contribution in [1.82, 2.24) is 20.1 Å². The van der Waals surface area contributed by atoms with E-state index >= 15 is 0 Å². The molecule has 0 unspecified atom stereocenters. The Kier molecular flexibility index (Phi) is 8.62. The molecule has 2 amide bonds. The van der Waals surface area contributed by atoms with Gasteiger partial charge in [-0.15, -0.1) is 0 Å². The van der Waals surface area contributed by atoms with E-state index in [4.69, 9.17) is 21.1 Å². The maximum atomic E-state index is 13.8. The maximum absolute atomic E-state index is 13.8. The number of morpholine rings is 1. The fourth-order valence-electron chi connectivity index (χ4n) is 5.31. The van der Waals surface area contributed by atoms with Crippen molar-refractivity contribution in [3.05, 3.63) is 47.1 Å². The molecular weight excluding hydrogens is 506 g/mol. The van der Waals surface area contributed by atoms with Gasteiger partial charge in [0.15, 0.2) is 0 Å².